The van der Waals surface area contributed by atoms with Crippen LogP contribution in [0.1, 0.15) is 43.2 Å². The highest BCUT2D eigenvalue weighted by molar-refractivity contribution is 5.85. The Hall–Kier alpha value is -3.39. The molecule has 180 valence electrons. The van der Waals surface area contributed by atoms with Crippen LogP contribution in [0.3, 0.4) is 0 Å². The van der Waals surface area contributed by atoms with E-state index in [9.17, 15) is 19.5 Å². The van der Waals surface area contributed by atoms with Gasteiger partial charge in [-0.2, -0.15) is 0 Å². The molecular formula is C26H30N2O6. The average Bonchev–Trinajstić information content (AvgIpc) is 3.44. The molecule has 1 fully saturated rings. The number of fused-ring (bicyclic) bond motifs is 3. The van der Waals surface area contributed by atoms with E-state index in [1.54, 1.807) is 0 Å². The number of benzene rings is 2. The van der Waals surface area contributed by atoms with Gasteiger partial charge in [-0.3, -0.25) is 4.79 Å². The lowest BCUT2D eigenvalue weighted by Gasteiger charge is -2.16. The van der Waals surface area contributed by atoms with Gasteiger partial charge in [-0.1, -0.05) is 61.9 Å². The van der Waals surface area contributed by atoms with Crippen molar-refractivity contribution in [2.24, 2.45) is 5.92 Å². The predicted molar refractivity (Wildman–Crippen MR) is 125 cm³/mol. The molecule has 8 nitrogen and oxygen atoms in total. The quantitative estimate of drug-likeness (QED) is 0.523. The van der Waals surface area contributed by atoms with E-state index in [2.05, 4.69) is 34.9 Å². The molecule has 3 N–H and O–H groups in total. The van der Waals surface area contributed by atoms with Gasteiger partial charge in [0.1, 0.15) is 12.6 Å². The number of nitrogens with one attached hydrogen (secondary N) is 2. The summed E-state index contributed by atoms with van der Waals surface area (Å²) in [6.07, 6.45) is 0.582. The smallest absolute Gasteiger partial charge is 0.407 e. The van der Waals surface area contributed by atoms with E-state index in [-0.39, 0.29) is 37.7 Å². The molecule has 0 aromatic heterocycles. The standard InChI is InChI=1S/C26H30N2O6/c1-2-7-23(25(30)31)28-24(29)16-12-17(33-14-16)13-27-26(32)34-15-22-20-10-5-3-8-18(20)19-9-4-6-11-21(19)22/h3-6,8-11,16-17,22-23H,2,7,12-15H2,1H3,(H,27,32)(H,28,29)(H,30,31)/t16?,17?,23-/m0/s1. The van der Waals surface area contributed by atoms with Gasteiger partial charge < -0.3 is 25.2 Å². The summed E-state index contributed by atoms with van der Waals surface area (Å²) in [6.45, 7) is 2.51. The maximum Gasteiger partial charge on any atom is 0.407 e. The summed E-state index contributed by atoms with van der Waals surface area (Å²) in [7, 11) is 0. The van der Waals surface area contributed by atoms with Gasteiger partial charge >= 0.3 is 12.1 Å². The third-order valence-corrected chi connectivity index (χ3v) is 6.46. The summed E-state index contributed by atoms with van der Waals surface area (Å²) in [5.74, 6) is -1.82. The van der Waals surface area contributed by atoms with Gasteiger partial charge in [-0.05, 0) is 35.1 Å². The fraction of sp³-hybridized carbons (Fsp3) is 0.423. The van der Waals surface area contributed by atoms with Crippen molar-refractivity contribution in [3.63, 3.8) is 0 Å². The number of carbonyl (C=O) groups is 3. The summed E-state index contributed by atoms with van der Waals surface area (Å²) in [4.78, 5) is 36.0. The summed E-state index contributed by atoms with van der Waals surface area (Å²) < 4.78 is 11.2. The molecule has 4 rings (SSSR count). The number of hydrogen-bond acceptors (Lipinski definition) is 5. The lowest BCUT2D eigenvalue weighted by atomic mass is 9.98. The molecule has 1 aliphatic heterocycles. The Labute approximate surface area is 198 Å². The van der Waals surface area contributed by atoms with Crippen molar-refractivity contribution in [1.29, 1.82) is 0 Å². The van der Waals surface area contributed by atoms with Crippen LogP contribution in [0.4, 0.5) is 4.79 Å². The summed E-state index contributed by atoms with van der Waals surface area (Å²) >= 11 is 0. The van der Waals surface area contributed by atoms with Crippen LogP contribution >= 0.6 is 0 Å². The molecule has 1 aliphatic carbocycles. The third kappa shape index (κ3) is 5.22. The molecular weight excluding hydrogens is 436 g/mol. The zero-order chi connectivity index (χ0) is 24.1. The van der Waals surface area contributed by atoms with E-state index in [4.69, 9.17) is 9.47 Å². The van der Waals surface area contributed by atoms with Gasteiger partial charge in [-0.25, -0.2) is 9.59 Å². The molecule has 3 atom stereocenters. The number of carboxylic acids is 1. The van der Waals surface area contributed by atoms with Crippen LogP contribution in [0.25, 0.3) is 11.1 Å². The van der Waals surface area contributed by atoms with Crippen LogP contribution < -0.4 is 10.6 Å². The molecule has 2 unspecified atom stereocenters. The van der Waals surface area contributed by atoms with Gasteiger partial charge in [0, 0.05) is 12.5 Å². The van der Waals surface area contributed by atoms with E-state index >= 15 is 0 Å². The molecule has 2 aromatic carbocycles. The number of carbonyl (C=O) groups excluding carboxylic acids is 2. The Kier molecular flexibility index (Phi) is 7.47. The van der Waals surface area contributed by atoms with E-state index in [1.165, 1.54) is 11.1 Å². The Morgan fingerprint density at radius 1 is 1.09 bits per heavy atom. The van der Waals surface area contributed by atoms with Gasteiger partial charge in [-0.15, -0.1) is 0 Å². The van der Waals surface area contributed by atoms with Crippen LogP contribution in [0.15, 0.2) is 48.5 Å². The first kappa shape index (κ1) is 23.8. The Morgan fingerprint density at radius 3 is 2.35 bits per heavy atom. The molecule has 2 aromatic rings. The second-order valence-electron chi connectivity index (χ2n) is 8.78. The first-order valence-corrected chi connectivity index (χ1v) is 11.7. The van der Waals surface area contributed by atoms with Crippen LogP contribution in [0.5, 0.6) is 0 Å². The molecule has 0 radical (unpaired) electrons. The fourth-order valence-corrected chi connectivity index (χ4v) is 4.71. The molecule has 1 saturated heterocycles. The van der Waals surface area contributed by atoms with Crippen molar-refractivity contribution in [3.05, 3.63) is 59.7 Å². The van der Waals surface area contributed by atoms with Crippen molar-refractivity contribution >= 4 is 18.0 Å². The van der Waals surface area contributed by atoms with Crippen molar-refractivity contribution < 1.29 is 29.0 Å². The van der Waals surface area contributed by atoms with E-state index in [0.29, 0.717) is 19.3 Å². The lowest BCUT2D eigenvalue weighted by molar-refractivity contribution is -0.142. The Bertz CT molecular complexity index is 1010. The number of rotatable bonds is 9. The van der Waals surface area contributed by atoms with Crippen molar-refractivity contribution in [3.8, 4) is 11.1 Å². The summed E-state index contributed by atoms with van der Waals surface area (Å²) in [5, 5.41) is 14.5. The summed E-state index contributed by atoms with van der Waals surface area (Å²) in [5.41, 5.74) is 4.62. The lowest BCUT2D eigenvalue weighted by Crippen LogP contribution is -2.43. The van der Waals surface area contributed by atoms with Crippen LogP contribution in [0.2, 0.25) is 0 Å². The molecule has 8 heteroatoms. The number of alkyl carbamates (subject to hydrolysis) is 1. The molecule has 1 heterocycles. The van der Waals surface area contributed by atoms with E-state index in [0.717, 1.165) is 11.1 Å². The maximum atomic E-state index is 12.4. The first-order valence-electron chi connectivity index (χ1n) is 11.7. The van der Waals surface area contributed by atoms with Gasteiger partial charge in [0.15, 0.2) is 0 Å². The highest BCUT2D eigenvalue weighted by Gasteiger charge is 2.33. The van der Waals surface area contributed by atoms with Crippen molar-refractivity contribution in [2.75, 3.05) is 19.8 Å². The maximum absolute atomic E-state index is 12.4. The molecule has 34 heavy (non-hydrogen) atoms. The topological polar surface area (TPSA) is 114 Å². The molecule has 0 spiro atoms. The third-order valence-electron chi connectivity index (χ3n) is 6.46. The monoisotopic (exact) mass is 466 g/mol. The second-order valence-corrected chi connectivity index (χ2v) is 8.78. The van der Waals surface area contributed by atoms with E-state index in [1.807, 2.05) is 31.2 Å². The Balaban J connectivity index is 1.24. The highest BCUT2D eigenvalue weighted by Crippen LogP contribution is 2.44. The Morgan fingerprint density at radius 2 is 1.74 bits per heavy atom. The number of ether oxygens (including phenoxy) is 2. The summed E-state index contributed by atoms with van der Waals surface area (Å²) in [6, 6.07) is 15.4. The zero-order valence-corrected chi connectivity index (χ0v) is 19.2. The second kappa shape index (κ2) is 10.7. The van der Waals surface area contributed by atoms with Crippen LogP contribution in [-0.4, -0.2) is 55.0 Å². The molecule has 2 aliphatic rings. The van der Waals surface area contributed by atoms with Crippen LogP contribution in [0, 0.1) is 5.92 Å². The largest absolute Gasteiger partial charge is 0.480 e. The number of aliphatic carboxylic acids is 1. The minimum absolute atomic E-state index is 0.0146. The highest BCUT2D eigenvalue weighted by atomic mass is 16.5. The molecule has 0 saturated carbocycles. The van der Waals surface area contributed by atoms with Gasteiger partial charge in [0.05, 0.1) is 18.6 Å². The fourth-order valence-electron chi connectivity index (χ4n) is 4.71. The minimum atomic E-state index is -1.04. The normalized spacial score (nSPS) is 19.7. The minimum Gasteiger partial charge on any atom is -0.480 e. The van der Waals surface area contributed by atoms with Gasteiger partial charge in [0.2, 0.25) is 5.91 Å². The van der Waals surface area contributed by atoms with E-state index < -0.39 is 24.0 Å². The van der Waals surface area contributed by atoms with Gasteiger partial charge in [0.25, 0.3) is 0 Å². The SMILES string of the molecule is CCC[C@H](NC(=O)C1COC(CNC(=O)OCC2c3ccccc3-c3ccccc32)C1)C(=O)O. The van der Waals surface area contributed by atoms with Crippen molar-refractivity contribution in [2.45, 2.75) is 44.2 Å². The number of hydrogen-bond donors (Lipinski definition) is 3. The number of carboxylic acid groups (broad SMARTS) is 1. The zero-order valence-electron chi connectivity index (χ0n) is 19.2. The average molecular weight is 467 g/mol. The molecule has 2 amide bonds. The first-order chi connectivity index (χ1) is 16.5. The predicted octanol–water partition coefficient (Wildman–Crippen LogP) is 3.30. The number of amides is 2. The molecule has 0 bridgehead atoms. The van der Waals surface area contributed by atoms with Crippen molar-refractivity contribution in [1.82, 2.24) is 10.6 Å². The van der Waals surface area contributed by atoms with Crippen LogP contribution in [-0.2, 0) is 19.1 Å².